The summed E-state index contributed by atoms with van der Waals surface area (Å²) in [5.74, 6) is 1.78. The Morgan fingerprint density at radius 3 is 3.10 bits per heavy atom. The molecule has 20 heavy (non-hydrogen) atoms. The van der Waals surface area contributed by atoms with Crippen molar-refractivity contribution in [1.29, 1.82) is 0 Å². The number of benzene rings is 1. The Morgan fingerprint density at radius 1 is 1.40 bits per heavy atom. The van der Waals surface area contributed by atoms with Crippen molar-refractivity contribution in [2.24, 2.45) is 5.92 Å². The minimum absolute atomic E-state index is 0.594. The highest BCUT2D eigenvalue weighted by Crippen LogP contribution is 2.33. The van der Waals surface area contributed by atoms with E-state index >= 15 is 0 Å². The molecule has 2 unspecified atom stereocenters. The minimum atomic E-state index is 0.594. The van der Waals surface area contributed by atoms with Crippen molar-refractivity contribution in [2.45, 2.75) is 45.1 Å². The fourth-order valence-electron chi connectivity index (χ4n) is 3.06. The maximum atomic E-state index is 5.27. The van der Waals surface area contributed by atoms with Gasteiger partial charge < -0.3 is 10.1 Å². The van der Waals surface area contributed by atoms with E-state index in [4.69, 9.17) is 4.74 Å². The quantitative estimate of drug-likeness (QED) is 0.887. The van der Waals surface area contributed by atoms with Gasteiger partial charge in [0.2, 0.25) is 0 Å². The highest BCUT2D eigenvalue weighted by Gasteiger charge is 2.21. The Balaban J connectivity index is 1.74. The molecule has 3 nitrogen and oxygen atoms in total. The molecule has 0 saturated heterocycles. The summed E-state index contributed by atoms with van der Waals surface area (Å²) in [6.45, 7) is 2.30. The third-order valence-corrected chi connectivity index (χ3v) is 5.23. The molecule has 1 N–H and O–H groups in total. The van der Waals surface area contributed by atoms with Crippen LogP contribution < -0.4 is 10.1 Å². The lowest BCUT2D eigenvalue weighted by atomic mass is 9.84. The predicted octanol–water partition coefficient (Wildman–Crippen LogP) is 4.69. The predicted molar refractivity (Wildman–Crippen MR) is 85.8 cm³/mol. The standard InChI is InChI=1S/C16H22N2OS/c1-3-11-5-4-6-12(9-11)17-16-18-14-8-7-13(19-2)10-15(14)20-16/h7-8,10-12H,3-6,9H2,1-2H3,(H,17,18). The second-order valence-corrected chi connectivity index (χ2v) is 6.67. The van der Waals surface area contributed by atoms with Gasteiger partial charge in [0.05, 0.1) is 17.3 Å². The van der Waals surface area contributed by atoms with Crippen molar-refractivity contribution < 1.29 is 4.74 Å². The van der Waals surface area contributed by atoms with E-state index in [1.807, 2.05) is 12.1 Å². The van der Waals surface area contributed by atoms with Crippen LogP contribution >= 0.6 is 11.3 Å². The van der Waals surface area contributed by atoms with E-state index in [1.165, 1.54) is 36.8 Å². The van der Waals surface area contributed by atoms with E-state index in [9.17, 15) is 0 Å². The van der Waals surface area contributed by atoms with E-state index < -0.39 is 0 Å². The number of rotatable bonds is 4. The van der Waals surface area contributed by atoms with E-state index in [0.717, 1.165) is 22.3 Å². The van der Waals surface area contributed by atoms with Crippen molar-refractivity contribution >= 4 is 26.7 Å². The van der Waals surface area contributed by atoms with Crippen LogP contribution in [0.2, 0.25) is 0 Å². The molecule has 1 fully saturated rings. The van der Waals surface area contributed by atoms with Gasteiger partial charge in [-0.2, -0.15) is 0 Å². The molecule has 3 rings (SSSR count). The molecule has 1 heterocycles. The van der Waals surface area contributed by atoms with E-state index in [0.29, 0.717) is 6.04 Å². The Hall–Kier alpha value is -1.29. The fraction of sp³-hybridized carbons (Fsp3) is 0.562. The average Bonchev–Trinajstić information content (AvgIpc) is 2.88. The zero-order valence-corrected chi connectivity index (χ0v) is 13.0. The summed E-state index contributed by atoms with van der Waals surface area (Å²) in [5.41, 5.74) is 1.06. The van der Waals surface area contributed by atoms with E-state index in [1.54, 1.807) is 18.4 Å². The van der Waals surface area contributed by atoms with Crippen molar-refractivity contribution in [2.75, 3.05) is 12.4 Å². The molecule has 1 saturated carbocycles. The number of anilines is 1. The topological polar surface area (TPSA) is 34.2 Å². The molecule has 0 bridgehead atoms. The molecule has 1 aromatic carbocycles. The van der Waals surface area contributed by atoms with E-state index in [2.05, 4.69) is 23.3 Å². The van der Waals surface area contributed by atoms with Crippen LogP contribution in [0, 0.1) is 5.92 Å². The maximum Gasteiger partial charge on any atom is 0.184 e. The van der Waals surface area contributed by atoms with Gasteiger partial charge in [-0.1, -0.05) is 37.5 Å². The summed E-state index contributed by atoms with van der Waals surface area (Å²) >= 11 is 1.73. The number of nitrogens with one attached hydrogen (secondary N) is 1. The summed E-state index contributed by atoms with van der Waals surface area (Å²) in [4.78, 5) is 4.68. The summed E-state index contributed by atoms with van der Waals surface area (Å²) in [6, 6.07) is 6.66. The van der Waals surface area contributed by atoms with Crippen molar-refractivity contribution in [3.8, 4) is 5.75 Å². The van der Waals surface area contributed by atoms with Crippen LogP contribution in [0.3, 0.4) is 0 Å². The van der Waals surface area contributed by atoms with Crippen molar-refractivity contribution in [1.82, 2.24) is 4.98 Å². The van der Waals surface area contributed by atoms with Crippen LogP contribution in [-0.2, 0) is 0 Å². The Morgan fingerprint density at radius 2 is 2.30 bits per heavy atom. The lowest BCUT2D eigenvalue weighted by molar-refractivity contribution is 0.327. The molecule has 1 aliphatic rings. The Bertz CT molecular complexity index is 581. The maximum absolute atomic E-state index is 5.27. The van der Waals surface area contributed by atoms with Crippen molar-refractivity contribution in [3.05, 3.63) is 18.2 Å². The van der Waals surface area contributed by atoms with Gasteiger partial charge in [0.15, 0.2) is 5.13 Å². The van der Waals surface area contributed by atoms with Crippen LogP contribution in [-0.4, -0.2) is 18.1 Å². The van der Waals surface area contributed by atoms with Gasteiger partial charge in [0.25, 0.3) is 0 Å². The molecule has 0 spiro atoms. The molecule has 1 aliphatic carbocycles. The highest BCUT2D eigenvalue weighted by molar-refractivity contribution is 7.22. The van der Waals surface area contributed by atoms with Gasteiger partial charge in [-0.25, -0.2) is 4.98 Å². The number of hydrogen-bond acceptors (Lipinski definition) is 4. The normalized spacial score (nSPS) is 22.9. The summed E-state index contributed by atoms with van der Waals surface area (Å²) in [6.07, 6.45) is 6.60. The molecular formula is C16H22N2OS. The van der Waals surface area contributed by atoms with Gasteiger partial charge in [-0.3, -0.25) is 0 Å². The molecule has 0 amide bonds. The zero-order chi connectivity index (χ0) is 13.9. The number of methoxy groups -OCH3 is 1. The molecule has 2 aromatic rings. The summed E-state index contributed by atoms with van der Waals surface area (Å²) in [7, 11) is 1.70. The first kappa shape index (κ1) is 13.7. The molecule has 0 radical (unpaired) electrons. The lowest BCUT2D eigenvalue weighted by Crippen LogP contribution is -2.26. The SMILES string of the molecule is CCC1CCCC(Nc2nc3ccc(OC)cc3s2)C1. The molecule has 108 valence electrons. The van der Waals surface area contributed by atoms with Crippen LogP contribution in [0.5, 0.6) is 5.75 Å². The Labute approximate surface area is 124 Å². The monoisotopic (exact) mass is 290 g/mol. The van der Waals surface area contributed by atoms with Gasteiger partial charge in [-0.15, -0.1) is 0 Å². The first-order valence-corrected chi connectivity index (χ1v) is 8.31. The van der Waals surface area contributed by atoms with Gasteiger partial charge in [0, 0.05) is 6.04 Å². The third-order valence-electron chi connectivity index (χ3n) is 4.28. The highest BCUT2D eigenvalue weighted by atomic mass is 32.1. The van der Waals surface area contributed by atoms with Gasteiger partial charge in [-0.05, 0) is 37.0 Å². The molecule has 2 atom stereocenters. The van der Waals surface area contributed by atoms with Crippen LogP contribution in [0.15, 0.2) is 18.2 Å². The first-order chi connectivity index (χ1) is 9.78. The van der Waals surface area contributed by atoms with Crippen LogP contribution in [0.1, 0.15) is 39.0 Å². The fourth-order valence-corrected chi connectivity index (χ4v) is 4.03. The number of ether oxygens (including phenoxy) is 1. The largest absolute Gasteiger partial charge is 0.497 e. The third kappa shape index (κ3) is 2.90. The van der Waals surface area contributed by atoms with Crippen LogP contribution in [0.4, 0.5) is 5.13 Å². The first-order valence-electron chi connectivity index (χ1n) is 7.49. The lowest BCUT2D eigenvalue weighted by Gasteiger charge is -2.28. The van der Waals surface area contributed by atoms with Gasteiger partial charge in [0.1, 0.15) is 5.75 Å². The summed E-state index contributed by atoms with van der Waals surface area (Å²) < 4.78 is 6.46. The minimum Gasteiger partial charge on any atom is -0.497 e. The number of hydrogen-bond donors (Lipinski definition) is 1. The second-order valence-electron chi connectivity index (χ2n) is 5.63. The molecule has 0 aliphatic heterocycles. The van der Waals surface area contributed by atoms with Crippen LogP contribution in [0.25, 0.3) is 10.2 Å². The number of thiazole rings is 1. The van der Waals surface area contributed by atoms with E-state index in [-0.39, 0.29) is 0 Å². The average molecular weight is 290 g/mol. The summed E-state index contributed by atoms with van der Waals surface area (Å²) in [5, 5.41) is 4.69. The van der Waals surface area contributed by atoms with Gasteiger partial charge >= 0.3 is 0 Å². The molecular weight excluding hydrogens is 268 g/mol. The zero-order valence-electron chi connectivity index (χ0n) is 12.2. The molecule has 1 aromatic heterocycles. The number of fused-ring (bicyclic) bond motifs is 1. The smallest absolute Gasteiger partial charge is 0.184 e. The number of nitrogens with zero attached hydrogens (tertiary/aromatic N) is 1. The van der Waals surface area contributed by atoms with Crippen molar-refractivity contribution in [3.63, 3.8) is 0 Å². The molecule has 4 heteroatoms. The number of aromatic nitrogens is 1. The second kappa shape index (κ2) is 6.00. The Kier molecular flexibility index (Phi) is 4.10.